The van der Waals surface area contributed by atoms with Gasteiger partial charge in [-0.1, -0.05) is 5.21 Å². The van der Waals surface area contributed by atoms with Crippen LogP contribution in [-0.4, -0.2) is 29.9 Å². The molecule has 0 aliphatic carbocycles. The number of fused-ring (bicyclic) bond motifs is 1. The highest BCUT2D eigenvalue weighted by Crippen LogP contribution is 2.37. The average molecular weight is 388 g/mol. The molecule has 4 aromatic heterocycles. The zero-order valence-electron chi connectivity index (χ0n) is 16.1. The predicted molar refractivity (Wildman–Crippen MR) is 106 cm³/mol. The summed E-state index contributed by atoms with van der Waals surface area (Å²) >= 11 is 0. The zero-order valence-corrected chi connectivity index (χ0v) is 16.1. The molecule has 4 heterocycles. The third-order valence-corrected chi connectivity index (χ3v) is 4.95. The van der Waals surface area contributed by atoms with E-state index >= 15 is 0 Å². The molecule has 5 aromatic rings. The first kappa shape index (κ1) is 17.3. The summed E-state index contributed by atoms with van der Waals surface area (Å²) in [6.45, 7) is 3.72. The summed E-state index contributed by atoms with van der Waals surface area (Å²) in [7, 11) is 1.90. The van der Waals surface area contributed by atoms with Crippen molar-refractivity contribution >= 4 is 11.0 Å². The van der Waals surface area contributed by atoms with Crippen LogP contribution in [-0.2, 0) is 7.05 Å². The largest absolute Gasteiger partial charge is 0.458 e. The number of nitrogens with one attached hydrogen (secondary N) is 1. The van der Waals surface area contributed by atoms with Gasteiger partial charge in [-0.15, -0.1) is 5.10 Å². The molecule has 0 saturated carbocycles. The van der Waals surface area contributed by atoms with Crippen molar-refractivity contribution in [2.24, 2.45) is 7.05 Å². The Hall–Kier alpha value is -3.81. The van der Waals surface area contributed by atoms with Crippen molar-refractivity contribution in [2.45, 2.75) is 13.8 Å². The van der Waals surface area contributed by atoms with Crippen molar-refractivity contribution in [1.29, 1.82) is 0 Å². The van der Waals surface area contributed by atoms with Gasteiger partial charge in [0.05, 0.1) is 23.4 Å². The summed E-state index contributed by atoms with van der Waals surface area (Å²) < 4.78 is 21.7. The Balaban J connectivity index is 1.72. The Bertz CT molecular complexity index is 1360. The van der Waals surface area contributed by atoms with E-state index < -0.39 is 0 Å². The number of rotatable bonds is 3. The summed E-state index contributed by atoms with van der Waals surface area (Å²) in [6, 6.07) is 8.82. The van der Waals surface area contributed by atoms with Crippen molar-refractivity contribution in [3.8, 4) is 33.9 Å². The van der Waals surface area contributed by atoms with E-state index in [9.17, 15) is 4.39 Å². The van der Waals surface area contributed by atoms with Gasteiger partial charge < -0.3 is 8.98 Å². The molecule has 0 saturated heterocycles. The van der Waals surface area contributed by atoms with E-state index in [1.165, 1.54) is 6.07 Å². The van der Waals surface area contributed by atoms with Gasteiger partial charge in [-0.25, -0.2) is 9.37 Å². The first-order valence-corrected chi connectivity index (χ1v) is 9.07. The quantitative estimate of drug-likeness (QED) is 0.494. The van der Waals surface area contributed by atoms with Crippen molar-refractivity contribution in [3.63, 3.8) is 0 Å². The number of pyridine rings is 1. The molecule has 0 spiro atoms. The highest BCUT2D eigenvalue weighted by molar-refractivity contribution is 5.97. The predicted octanol–water partition coefficient (Wildman–Crippen LogP) is 4.44. The highest BCUT2D eigenvalue weighted by Gasteiger charge is 2.20. The molecule has 0 aliphatic heterocycles. The van der Waals surface area contributed by atoms with Crippen LogP contribution in [0.25, 0.3) is 44.9 Å². The molecule has 0 radical (unpaired) electrons. The lowest BCUT2D eigenvalue weighted by molar-refractivity contribution is 0.538. The third-order valence-electron chi connectivity index (χ3n) is 4.95. The first-order chi connectivity index (χ1) is 14.0. The van der Waals surface area contributed by atoms with E-state index in [0.717, 1.165) is 28.2 Å². The Morgan fingerprint density at radius 3 is 2.72 bits per heavy atom. The van der Waals surface area contributed by atoms with Crippen LogP contribution in [0.2, 0.25) is 0 Å². The Morgan fingerprint density at radius 1 is 1.07 bits per heavy atom. The molecular weight excluding hydrogens is 371 g/mol. The maximum atomic E-state index is 14.2. The number of hydrogen-bond acceptors (Lipinski definition) is 5. The van der Waals surface area contributed by atoms with Crippen LogP contribution < -0.4 is 0 Å². The Kier molecular flexibility index (Phi) is 3.80. The molecule has 0 atom stereocenters. The van der Waals surface area contributed by atoms with Crippen molar-refractivity contribution in [1.82, 2.24) is 29.9 Å². The van der Waals surface area contributed by atoms with Gasteiger partial charge in [0.15, 0.2) is 11.4 Å². The average Bonchev–Trinajstić information content (AvgIpc) is 3.41. The number of aromatic nitrogens is 6. The van der Waals surface area contributed by atoms with Crippen LogP contribution in [0.1, 0.15) is 11.5 Å². The molecule has 0 unspecified atom stereocenters. The molecule has 7 nitrogen and oxygen atoms in total. The normalized spacial score (nSPS) is 11.4. The van der Waals surface area contributed by atoms with Crippen LogP contribution in [0, 0.1) is 19.7 Å². The lowest BCUT2D eigenvalue weighted by Gasteiger charge is -2.09. The SMILES string of the molecule is Cc1cc2c(-c3c(-c4cc(-c5nn[nH]c5C)ccn4)ncn3C)ccc(F)c2o1. The van der Waals surface area contributed by atoms with Gasteiger partial charge in [0.1, 0.15) is 17.1 Å². The van der Waals surface area contributed by atoms with Gasteiger partial charge >= 0.3 is 0 Å². The lowest BCUT2D eigenvalue weighted by Crippen LogP contribution is -1.94. The van der Waals surface area contributed by atoms with Crippen molar-refractivity contribution < 1.29 is 8.81 Å². The van der Waals surface area contributed by atoms with Gasteiger partial charge in [-0.2, -0.15) is 0 Å². The maximum Gasteiger partial charge on any atom is 0.170 e. The van der Waals surface area contributed by atoms with Crippen molar-refractivity contribution in [2.75, 3.05) is 0 Å². The topological polar surface area (TPSA) is 85.4 Å². The van der Waals surface area contributed by atoms with E-state index in [0.29, 0.717) is 22.5 Å². The number of aryl methyl sites for hydroxylation is 3. The van der Waals surface area contributed by atoms with Gasteiger partial charge in [0.25, 0.3) is 0 Å². The van der Waals surface area contributed by atoms with E-state index in [1.54, 1.807) is 25.5 Å². The van der Waals surface area contributed by atoms with Crippen molar-refractivity contribution in [3.05, 3.63) is 60.1 Å². The first-order valence-electron chi connectivity index (χ1n) is 9.07. The number of hydrogen-bond donors (Lipinski definition) is 1. The van der Waals surface area contributed by atoms with E-state index in [1.807, 2.05) is 36.7 Å². The van der Waals surface area contributed by atoms with Crippen LogP contribution in [0.5, 0.6) is 0 Å². The summed E-state index contributed by atoms with van der Waals surface area (Å²) in [4.78, 5) is 9.10. The number of benzene rings is 1. The summed E-state index contributed by atoms with van der Waals surface area (Å²) in [5.41, 5.74) is 5.82. The number of imidazole rings is 1. The molecule has 0 aliphatic rings. The minimum Gasteiger partial charge on any atom is -0.458 e. The van der Waals surface area contributed by atoms with E-state index in [-0.39, 0.29) is 11.4 Å². The molecule has 8 heteroatoms. The number of H-pyrrole nitrogens is 1. The minimum atomic E-state index is -0.387. The number of aromatic amines is 1. The van der Waals surface area contributed by atoms with Crippen LogP contribution >= 0.6 is 0 Å². The fraction of sp³-hybridized carbons (Fsp3) is 0.143. The summed E-state index contributed by atoms with van der Waals surface area (Å²) in [5, 5.41) is 11.6. The molecule has 29 heavy (non-hydrogen) atoms. The minimum absolute atomic E-state index is 0.243. The fourth-order valence-electron chi connectivity index (χ4n) is 3.61. The monoisotopic (exact) mass is 388 g/mol. The number of nitrogens with zero attached hydrogens (tertiary/aromatic N) is 5. The van der Waals surface area contributed by atoms with Gasteiger partial charge in [0.2, 0.25) is 0 Å². The smallest absolute Gasteiger partial charge is 0.170 e. The zero-order chi connectivity index (χ0) is 20.1. The molecule has 0 fully saturated rings. The van der Waals surface area contributed by atoms with Gasteiger partial charge in [-0.3, -0.25) is 10.1 Å². The highest BCUT2D eigenvalue weighted by atomic mass is 19.1. The van der Waals surface area contributed by atoms with Crippen LogP contribution in [0.15, 0.2) is 47.3 Å². The molecule has 5 rings (SSSR count). The second-order valence-corrected chi connectivity index (χ2v) is 6.96. The Morgan fingerprint density at radius 2 is 1.93 bits per heavy atom. The third kappa shape index (κ3) is 2.72. The molecule has 0 bridgehead atoms. The lowest BCUT2D eigenvalue weighted by atomic mass is 10.0. The standard InChI is InChI=1S/C21H17FN6O/c1-11-8-15-14(4-5-16(22)21(15)29-11)20-19(24-10-28(20)3)17-9-13(6-7-23-17)18-12(2)25-27-26-18/h4-10H,1-3H3,(H,25,26,27). The van der Waals surface area contributed by atoms with Crippen LogP contribution in [0.3, 0.4) is 0 Å². The number of furan rings is 1. The molecule has 144 valence electrons. The van der Waals surface area contributed by atoms with Crippen LogP contribution in [0.4, 0.5) is 4.39 Å². The van der Waals surface area contributed by atoms with E-state index in [2.05, 4.69) is 25.4 Å². The van der Waals surface area contributed by atoms with Gasteiger partial charge in [-0.05, 0) is 44.2 Å². The molecule has 1 N–H and O–H groups in total. The Labute approximate surface area is 165 Å². The summed E-state index contributed by atoms with van der Waals surface area (Å²) in [6.07, 6.45) is 3.45. The molecule has 1 aromatic carbocycles. The fourth-order valence-corrected chi connectivity index (χ4v) is 3.61. The number of halogens is 1. The molecule has 0 amide bonds. The second kappa shape index (κ2) is 6.37. The van der Waals surface area contributed by atoms with Gasteiger partial charge in [0, 0.05) is 29.8 Å². The second-order valence-electron chi connectivity index (χ2n) is 6.96. The summed E-state index contributed by atoms with van der Waals surface area (Å²) in [5.74, 6) is 0.263. The molecular formula is C21H17FN6O. The van der Waals surface area contributed by atoms with E-state index in [4.69, 9.17) is 4.42 Å². The maximum absolute atomic E-state index is 14.2.